The highest BCUT2D eigenvalue weighted by Crippen LogP contribution is 2.31. The van der Waals surface area contributed by atoms with Gasteiger partial charge in [0.25, 0.3) is 5.56 Å². The van der Waals surface area contributed by atoms with Crippen LogP contribution in [-0.4, -0.2) is 28.3 Å². The second kappa shape index (κ2) is 10.8. The number of hydrogen-bond donors (Lipinski definition) is 1. The number of aryl methyl sites for hydroxylation is 3. The van der Waals surface area contributed by atoms with Crippen LogP contribution in [0, 0.1) is 13.8 Å². The summed E-state index contributed by atoms with van der Waals surface area (Å²) in [6, 6.07) is 12.6. The monoisotopic (exact) mass is 527 g/mol. The summed E-state index contributed by atoms with van der Waals surface area (Å²) >= 11 is 8.96. The van der Waals surface area contributed by atoms with Crippen molar-refractivity contribution in [1.29, 1.82) is 0 Å². The highest BCUT2D eigenvalue weighted by atomic mass is 35.5. The number of benzene rings is 2. The Hall–Kier alpha value is -2.81. The molecule has 2 aromatic heterocycles. The van der Waals surface area contributed by atoms with Gasteiger partial charge in [-0.05, 0) is 67.8 Å². The molecular formula is C26H26ClN3O3S2. The highest BCUT2D eigenvalue weighted by molar-refractivity contribution is 7.99. The summed E-state index contributed by atoms with van der Waals surface area (Å²) in [6.07, 6.45) is 1.89. The second-order valence-corrected chi connectivity index (χ2v) is 10.5. The van der Waals surface area contributed by atoms with Gasteiger partial charge in [-0.3, -0.25) is 14.2 Å². The van der Waals surface area contributed by atoms with Crippen LogP contribution in [0.2, 0.25) is 5.02 Å². The van der Waals surface area contributed by atoms with Crippen LogP contribution in [0.15, 0.2) is 52.4 Å². The van der Waals surface area contributed by atoms with E-state index in [0.29, 0.717) is 37.5 Å². The largest absolute Gasteiger partial charge is 0.497 e. The molecule has 0 bridgehead atoms. The van der Waals surface area contributed by atoms with E-state index in [1.165, 1.54) is 16.6 Å². The minimum Gasteiger partial charge on any atom is -0.497 e. The standard InChI is InChI=1S/C26H26ClN3O3S2/c1-5-6-21-16(3)23-24(35-21)29-26(30(25(23)32)18-9-11-19(33-4)12-10-18)34-14-22(31)28-17-8-7-15(2)20(27)13-17/h7-13H,5-6,14H2,1-4H3,(H,28,31). The van der Waals surface area contributed by atoms with Crippen LogP contribution in [0.5, 0.6) is 5.75 Å². The lowest BCUT2D eigenvalue weighted by Gasteiger charge is -2.13. The number of methoxy groups -OCH3 is 1. The molecule has 1 N–H and O–H groups in total. The van der Waals surface area contributed by atoms with Gasteiger partial charge in [0.2, 0.25) is 5.91 Å². The lowest BCUT2D eigenvalue weighted by Crippen LogP contribution is -2.22. The molecule has 1 amide bonds. The average molecular weight is 528 g/mol. The Morgan fingerprint density at radius 2 is 1.94 bits per heavy atom. The van der Waals surface area contributed by atoms with Gasteiger partial charge in [-0.1, -0.05) is 42.8 Å². The summed E-state index contributed by atoms with van der Waals surface area (Å²) in [4.78, 5) is 33.1. The number of carbonyl (C=O) groups excluding carboxylic acids is 1. The third-order valence-corrected chi connectivity index (χ3v) is 8.22. The maximum Gasteiger partial charge on any atom is 0.267 e. The molecule has 2 aromatic carbocycles. The summed E-state index contributed by atoms with van der Waals surface area (Å²) < 4.78 is 6.85. The topological polar surface area (TPSA) is 73.2 Å². The fourth-order valence-electron chi connectivity index (χ4n) is 3.73. The number of hydrogen-bond acceptors (Lipinski definition) is 6. The Bertz CT molecular complexity index is 1450. The van der Waals surface area contributed by atoms with Crippen molar-refractivity contribution >= 4 is 56.5 Å². The van der Waals surface area contributed by atoms with E-state index in [1.807, 2.05) is 38.1 Å². The molecule has 9 heteroatoms. The van der Waals surface area contributed by atoms with E-state index in [4.69, 9.17) is 21.3 Å². The first-order chi connectivity index (χ1) is 16.8. The molecule has 0 saturated heterocycles. The zero-order chi connectivity index (χ0) is 25.1. The summed E-state index contributed by atoms with van der Waals surface area (Å²) in [6.45, 7) is 6.01. The van der Waals surface area contributed by atoms with Crippen molar-refractivity contribution < 1.29 is 9.53 Å². The third kappa shape index (κ3) is 5.39. The van der Waals surface area contributed by atoms with E-state index < -0.39 is 0 Å². The molecule has 0 radical (unpaired) electrons. The number of nitrogens with one attached hydrogen (secondary N) is 1. The first-order valence-electron chi connectivity index (χ1n) is 11.2. The van der Waals surface area contributed by atoms with Crippen LogP contribution in [-0.2, 0) is 11.2 Å². The van der Waals surface area contributed by atoms with Gasteiger partial charge < -0.3 is 10.1 Å². The smallest absolute Gasteiger partial charge is 0.267 e. The molecule has 4 rings (SSSR count). The van der Waals surface area contributed by atoms with Crippen molar-refractivity contribution in [3.8, 4) is 11.4 Å². The summed E-state index contributed by atoms with van der Waals surface area (Å²) in [7, 11) is 1.60. The molecule has 0 unspecified atom stereocenters. The normalized spacial score (nSPS) is 11.1. The summed E-state index contributed by atoms with van der Waals surface area (Å²) in [5, 5.41) is 4.56. The summed E-state index contributed by atoms with van der Waals surface area (Å²) in [5.74, 6) is 0.573. The lowest BCUT2D eigenvalue weighted by molar-refractivity contribution is -0.113. The number of carbonyl (C=O) groups is 1. The van der Waals surface area contributed by atoms with Gasteiger partial charge in [0.1, 0.15) is 10.6 Å². The van der Waals surface area contributed by atoms with Gasteiger partial charge in [-0.15, -0.1) is 11.3 Å². The lowest BCUT2D eigenvalue weighted by atomic mass is 10.1. The third-order valence-electron chi connectivity index (χ3n) is 5.63. The fraction of sp³-hybridized carbons (Fsp3) is 0.269. The van der Waals surface area contributed by atoms with Crippen LogP contribution in [0.25, 0.3) is 15.9 Å². The van der Waals surface area contributed by atoms with Crippen molar-refractivity contribution in [2.75, 3.05) is 18.2 Å². The van der Waals surface area contributed by atoms with E-state index in [1.54, 1.807) is 41.2 Å². The Morgan fingerprint density at radius 3 is 2.60 bits per heavy atom. The zero-order valence-electron chi connectivity index (χ0n) is 20.0. The Kier molecular flexibility index (Phi) is 7.84. The number of halogens is 1. The molecule has 2 heterocycles. The molecule has 0 aliphatic carbocycles. The van der Waals surface area contributed by atoms with Crippen molar-refractivity contribution in [2.45, 2.75) is 38.8 Å². The number of thiophene rings is 1. The predicted molar refractivity (Wildman–Crippen MR) is 146 cm³/mol. The summed E-state index contributed by atoms with van der Waals surface area (Å²) in [5.41, 5.74) is 3.08. The number of fused-ring (bicyclic) bond motifs is 1. The van der Waals surface area contributed by atoms with Crippen molar-refractivity contribution in [3.63, 3.8) is 0 Å². The molecular weight excluding hydrogens is 502 g/mol. The van der Waals surface area contributed by atoms with Crippen LogP contribution >= 0.6 is 34.7 Å². The van der Waals surface area contributed by atoms with Gasteiger partial charge in [0, 0.05) is 15.6 Å². The number of ether oxygens (including phenoxy) is 1. The molecule has 0 fully saturated rings. The van der Waals surface area contributed by atoms with Crippen LogP contribution in [0.3, 0.4) is 0 Å². The Morgan fingerprint density at radius 1 is 1.20 bits per heavy atom. The van der Waals surface area contributed by atoms with Crippen molar-refractivity contribution in [2.24, 2.45) is 0 Å². The number of aromatic nitrogens is 2. The first-order valence-corrected chi connectivity index (χ1v) is 13.4. The van der Waals surface area contributed by atoms with E-state index in [0.717, 1.165) is 24.0 Å². The Labute approximate surface area is 217 Å². The molecule has 6 nitrogen and oxygen atoms in total. The molecule has 35 heavy (non-hydrogen) atoms. The van der Waals surface area contributed by atoms with E-state index >= 15 is 0 Å². The van der Waals surface area contributed by atoms with Gasteiger partial charge in [-0.2, -0.15) is 0 Å². The minimum atomic E-state index is -0.209. The van der Waals surface area contributed by atoms with Gasteiger partial charge >= 0.3 is 0 Å². The average Bonchev–Trinajstić information content (AvgIpc) is 3.16. The van der Waals surface area contributed by atoms with E-state index in [2.05, 4.69) is 12.2 Å². The van der Waals surface area contributed by atoms with Crippen LogP contribution in [0.4, 0.5) is 5.69 Å². The highest BCUT2D eigenvalue weighted by Gasteiger charge is 2.20. The molecule has 4 aromatic rings. The SMILES string of the molecule is CCCc1sc2nc(SCC(=O)Nc3ccc(C)c(Cl)c3)n(-c3ccc(OC)cc3)c(=O)c2c1C. The number of nitrogens with zero attached hydrogens (tertiary/aromatic N) is 2. The van der Waals surface area contributed by atoms with Gasteiger partial charge in [0.05, 0.1) is 23.9 Å². The molecule has 182 valence electrons. The quantitative estimate of drug-likeness (QED) is 0.212. The van der Waals surface area contributed by atoms with Gasteiger partial charge in [0.15, 0.2) is 5.16 Å². The minimum absolute atomic E-state index is 0.0891. The van der Waals surface area contributed by atoms with Crippen molar-refractivity contribution in [3.05, 3.63) is 73.8 Å². The number of rotatable bonds is 8. The Balaban J connectivity index is 1.70. The van der Waals surface area contributed by atoms with Crippen molar-refractivity contribution in [1.82, 2.24) is 9.55 Å². The van der Waals surface area contributed by atoms with E-state index in [-0.39, 0.29) is 17.2 Å². The van der Waals surface area contributed by atoms with E-state index in [9.17, 15) is 9.59 Å². The molecule has 0 atom stereocenters. The molecule has 0 aliphatic rings. The number of thioether (sulfide) groups is 1. The van der Waals surface area contributed by atoms with Crippen LogP contribution in [0.1, 0.15) is 29.3 Å². The molecule has 0 spiro atoms. The molecule has 0 saturated carbocycles. The fourth-order valence-corrected chi connectivity index (χ4v) is 6.04. The maximum atomic E-state index is 13.7. The predicted octanol–water partition coefficient (Wildman–Crippen LogP) is 6.41. The molecule has 0 aliphatic heterocycles. The second-order valence-electron chi connectivity index (χ2n) is 8.11. The first kappa shape index (κ1) is 25.3. The zero-order valence-corrected chi connectivity index (χ0v) is 22.4. The maximum absolute atomic E-state index is 13.7. The number of anilines is 1. The number of amides is 1. The van der Waals surface area contributed by atoms with Crippen LogP contribution < -0.4 is 15.6 Å². The van der Waals surface area contributed by atoms with Gasteiger partial charge in [-0.25, -0.2) is 4.98 Å².